The Morgan fingerprint density at radius 1 is 1.14 bits per heavy atom. The van der Waals surface area contributed by atoms with E-state index in [4.69, 9.17) is 0 Å². The minimum absolute atomic E-state index is 0.247. The molecule has 2 aromatic heterocycles. The highest BCUT2D eigenvalue weighted by atomic mass is 16.1. The van der Waals surface area contributed by atoms with Crippen molar-refractivity contribution in [2.45, 2.75) is 20.4 Å². The number of carbonyl (C=O) groups is 1. The molecule has 7 heteroatoms. The summed E-state index contributed by atoms with van der Waals surface area (Å²) in [4.78, 5) is 30.6. The number of nitrogens with zero attached hydrogens (tertiary/aromatic N) is 5. The number of rotatable bonds is 4. The van der Waals surface area contributed by atoms with Crippen molar-refractivity contribution in [3.8, 4) is 0 Å². The van der Waals surface area contributed by atoms with Gasteiger partial charge in [0.25, 0.3) is 5.91 Å². The van der Waals surface area contributed by atoms with Gasteiger partial charge in [0, 0.05) is 32.1 Å². The second-order valence-corrected chi connectivity index (χ2v) is 4.90. The molecule has 0 saturated heterocycles. The summed E-state index contributed by atoms with van der Waals surface area (Å²) in [6.45, 7) is 3.96. The minimum Gasteiger partial charge on any atom is -0.363 e. The highest BCUT2D eigenvalue weighted by Crippen LogP contribution is 2.09. The van der Waals surface area contributed by atoms with E-state index in [-0.39, 0.29) is 18.1 Å². The number of anilines is 1. The molecule has 0 aliphatic rings. The van der Waals surface area contributed by atoms with Gasteiger partial charge < -0.3 is 10.2 Å². The predicted molar refractivity (Wildman–Crippen MR) is 79.0 cm³/mol. The smallest absolute Gasteiger partial charge is 0.271 e. The molecule has 0 saturated carbocycles. The molecule has 0 aliphatic heterocycles. The van der Waals surface area contributed by atoms with E-state index in [1.54, 1.807) is 6.20 Å². The van der Waals surface area contributed by atoms with Crippen molar-refractivity contribution < 1.29 is 4.79 Å². The summed E-state index contributed by atoms with van der Waals surface area (Å²) < 4.78 is 0. The molecule has 0 bridgehead atoms. The van der Waals surface area contributed by atoms with Gasteiger partial charge in [-0.3, -0.25) is 9.78 Å². The fourth-order valence-corrected chi connectivity index (χ4v) is 1.68. The van der Waals surface area contributed by atoms with Gasteiger partial charge in [0.05, 0.1) is 18.4 Å². The lowest BCUT2D eigenvalue weighted by Gasteiger charge is -2.13. The van der Waals surface area contributed by atoms with E-state index in [0.717, 1.165) is 17.2 Å². The van der Waals surface area contributed by atoms with Crippen LogP contribution < -0.4 is 10.2 Å². The van der Waals surface area contributed by atoms with Crippen LogP contribution in [0.25, 0.3) is 0 Å². The summed E-state index contributed by atoms with van der Waals surface area (Å²) in [6, 6.07) is 1.89. The molecule has 0 aliphatic carbocycles. The van der Waals surface area contributed by atoms with Crippen LogP contribution in [-0.2, 0) is 6.54 Å². The Kier molecular flexibility index (Phi) is 4.42. The highest BCUT2D eigenvalue weighted by Gasteiger charge is 2.09. The van der Waals surface area contributed by atoms with Gasteiger partial charge in [0.15, 0.2) is 0 Å². The zero-order valence-electron chi connectivity index (χ0n) is 12.6. The SMILES string of the molecule is Cc1cnc(C(=O)NCc2nc(C)cc(N(C)C)n2)cn1. The lowest BCUT2D eigenvalue weighted by molar-refractivity contribution is 0.0944. The molecule has 0 aromatic carbocycles. The number of aryl methyl sites for hydroxylation is 2. The fraction of sp³-hybridized carbons (Fsp3) is 0.357. The van der Waals surface area contributed by atoms with Crippen molar-refractivity contribution in [3.63, 3.8) is 0 Å². The number of nitrogens with one attached hydrogen (secondary N) is 1. The molecule has 0 radical (unpaired) electrons. The van der Waals surface area contributed by atoms with Crippen LogP contribution in [0.2, 0.25) is 0 Å². The average Bonchev–Trinajstić information content (AvgIpc) is 2.45. The first-order valence-corrected chi connectivity index (χ1v) is 6.54. The summed E-state index contributed by atoms with van der Waals surface area (Å²) in [5.41, 5.74) is 1.90. The monoisotopic (exact) mass is 286 g/mol. The Morgan fingerprint density at radius 3 is 2.52 bits per heavy atom. The molecule has 1 N–H and O–H groups in total. The van der Waals surface area contributed by atoms with E-state index in [0.29, 0.717) is 5.82 Å². The van der Waals surface area contributed by atoms with Crippen molar-refractivity contribution in [2.24, 2.45) is 0 Å². The van der Waals surface area contributed by atoms with E-state index in [1.807, 2.05) is 38.9 Å². The third-order valence-electron chi connectivity index (χ3n) is 2.77. The van der Waals surface area contributed by atoms with Gasteiger partial charge in [0.1, 0.15) is 17.3 Å². The molecule has 1 amide bonds. The summed E-state index contributed by atoms with van der Waals surface area (Å²) in [5.74, 6) is 1.08. The molecule has 7 nitrogen and oxygen atoms in total. The van der Waals surface area contributed by atoms with Gasteiger partial charge in [0.2, 0.25) is 0 Å². The van der Waals surface area contributed by atoms with Crippen molar-refractivity contribution in [2.75, 3.05) is 19.0 Å². The van der Waals surface area contributed by atoms with Crippen LogP contribution in [0.3, 0.4) is 0 Å². The highest BCUT2D eigenvalue weighted by molar-refractivity contribution is 5.91. The standard InChI is InChI=1S/C14H18N6O/c1-9-5-13(20(3)4)19-12(18-9)8-17-14(21)11-7-15-10(2)6-16-11/h5-7H,8H2,1-4H3,(H,17,21). The first kappa shape index (κ1) is 14.8. The van der Waals surface area contributed by atoms with Gasteiger partial charge in [-0.05, 0) is 13.8 Å². The number of carbonyl (C=O) groups excluding carboxylic acids is 1. The van der Waals surface area contributed by atoms with Gasteiger partial charge >= 0.3 is 0 Å². The Morgan fingerprint density at radius 2 is 1.90 bits per heavy atom. The van der Waals surface area contributed by atoms with Crippen LogP contribution in [0.15, 0.2) is 18.5 Å². The summed E-state index contributed by atoms with van der Waals surface area (Å²) in [5, 5.41) is 2.74. The zero-order valence-corrected chi connectivity index (χ0v) is 12.6. The van der Waals surface area contributed by atoms with Crippen molar-refractivity contribution in [1.82, 2.24) is 25.3 Å². The second kappa shape index (κ2) is 6.25. The Balaban J connectivity index is 2.05. The number of amides is 1. The van der Waals surface area contributed by atoms with Crippen molar-refractivity contribution in [1.29, 1.82) is 0 Å². The number of hydrogen-bond acceptors (Lipinski definition) is 6. The molecule has 0 atom stereocenters. The van der Waals surface area contributed by atoms with Crippen LogP contribution in [-0.4, -0.2) is 39.9 Å². The first-order valence-electron chi connectivity index (χ1n) is 6.54. The molecule has 0 fully saturated rings. The van der Waals surface area contributed by atoms with E-state index >= 15 is 0 Å². The van der Waals surface area contributed by atoms with Gasteiger partial charge in [-0.15, -0.1) is 0 Å². The van der Waals surface area contributed by atoms with E-state index in [9.17, 15) is 4.79 Å². The Labute approximate surface area is 123 Å². The molecular formula is C14H18N6O. The lowest BCUT2D eigenvalue weighted by atomic mass is 10.3. The average molecular weight is 286 g/mol. The normalized spacial score (nSPS) is 10.3. The molecular weight excluding hydrogens is 268 g/mol. The maximum atomic E-state index is 12.0. The molecule has 0 unspecified atom stereocenters. The number of hydrogen-bond donors (Lipinski definition) is 1. The Hall–Kier alpha value is -2.57. The fourth-order valence-electron chi connectivity index (χ4n) is 1.68. The molecule has 2 aromatic rings. The maximum absolute atomic E-state index is 12.0. The molecule has 0 spiro atoms. The minimum atomic E-state index is -0.293. The third kappa shape index (κ3) is 3.95. The quantitative estimate of drug-likeness (QED) is 0.898. The van der Waals surface area contributed by atoms with Crippen LogP contribution >= 0.6 is 0 Å². The Bertz CT molecular complexity index is 638. The zero-order chi connectivity index (χ0) is 15.4. The summed E-state index contributed by atoms with van der Waals surface area (Å²) in [7, 11) is 3.82. The molecule has 110 valence electrons. The third-order valence-corrected chi connectivity index (χ3v) is 2.77. The van der Waals surface area contributed by atoms with Crippen molar-refractivity contribution in [3.05, 3.63) is 41.4 Å². The van der Waals surface area contributed by atoms with Crippen LogP contribution in [0.4, 0.5) is 5.82 Å². The second-order valence-electron chi connectivity index (χ2n) is 4.90. The van der Waals surface area contributed by atoms with Gasteiger partial charge in [-0.25, -0.2) is 15.0 Å². The molecule has 2 heterocycles. The first-order chi connectivity index (χ1) is 9.95. The summed E-state index contributed by atoms with van der Waals surface area (Å²) in [6.07, 6.45) is 3.01. The number of aromatic nitrogens is 4. The van der Waals surface area contributed by atoms with E-state index in [1.165, 1.54) is 6.20 Å². The topological polar surface area (TPSA) is 83.9 Å². The van der Waals surface area contributed by atoms with Crippen LogP contribution in [0.5, 0.6) is 0 Å². The van der Waals surface area contributed by atoms with E-state index in [2.05, 4.69) is 25.3 Å². The molecule has 21 heavy (non-hydrogen) atoms. The van der Waals surface area contributed by atoms with Gasteiger partial charge in [-0.1, -0.05) is 0 Å². The van der Waals surface area contributed by atoms with E-state index < -0.39 is 0 Å². The van der Waals surface area contributed by atoms with Crippen LogP contribution in [0, 0.1) is 13.8 Å². The van der Waals surface area contributed by atoms with Crippen LogP contribution in [0.1, 0.15) is 27.7 Å². The largest absolute Gasteiger partial charge is 0.363 e. The summed E-state index contributed by atoms with van der Waals surface area (Å²) >= 11 is 0. The van der Waals surface area contributed by atoms with Gasteiger partial charge in [-0.2, -0.15) is 0 Å². The molecule has 2 rings (SSSR count). The maximum Gasteiger partial charge on any atom is 0.271 e. The van der Waals surface area contributed by atoms with Crippen molar-refractivity contribution >= 4 is 11.7 Å². The lowest BCUT2D eigenvalue weighted by Crippen LogP contribution is -2.25. The predicted octanol–water partition coefficient (Wildman–Crippen LogP) is 0.879.